The van der Waals surface area contributed by atoms with Crippen molar-refractivity contribution in [1.29, 1.82) is 0 Å². The molecule has 1 unspecified atom stereocenters. The quantitative estimate of drug-likeness (QED) is 0.466. The summed E-state index contributed by atoms with van der Waals surface area (Å²) in [5.74, 6) is 1.58. The Balaban J connectivity index is 1.31. The van der Waals surface area contributed by atoms with Gasteiger partial charge in [-0.2, -0.15) is 0 Å². The number of para-hydroxylation sites is 1. The number of amides is 2. The third kappa shape index (κ3) is 5.82. The van der Waals surface area contributed by atoms with E-state index in [9.17, 15) is 9.59 Å². The zero-order chi connectivity index (χ0) is 23.9. The van der Waals surface area contributed by atoms with Crippen LogP contribution in [0.15, 0.2) is 48.5 Å². The van der Waals surface area contributed by atoms with Crippen LogP contribution in [0.3, 0.4) is 0 Å². The third-order valence-corrected chi connectivity index (χ3v) is 6.31. The zero-order valence-corrected chi connectivity index (χ0v) is 19.8. The number of hydrogen-bond donors (Lipinski definition) is 1. The molecule has 4 rings (SSSR count). The van der Waals surface area contributed by atoms with Crippen LogP contribution in [-0.2, 0) is 9.59 Å². The summed E-state index contributed by atoms with van der Waals surface area (Å²) in [5, 5.41) is 12.1. The molecule has 178 valence electrons. The molecule has 3 aromatic rings. The Hall–Kier alpha value is -3.66. The lowest BCUT2D eigenvalue weighted by molar-refractivity contribution is -0.135. The summed E-state index contributed by atoms with van der Waals surface area (Å²) in [6.07, 6.45) is 0.911. The monoisotopic (exact) mass is 482 g/mol. The molecule has 0 aliphatic carbocycles. The minimum Gasteiger partial charge on any atom is -0.484 e. The summed E-state index contributed by atoms with van der Waals surface area (Å²) in [6.45, 7) is 4.37. The molecule has 2 heterocycles. The highest BCUT2D eigenvalue weighted by Gasteiger charge is 2.21. The Morgan fingerprint density at radius 3 is 2.74 bits per heavy atom. The van der Waals surface area contributed by atoms with E-state index in [-0.39, 0.29) is 44.2 Å². The summed E-state index contributed by atoms with van der Waals surface area (Å²) >= 11 is 1.27. The maximum atomic E-state index is 12.8. The summed E-state index contributed by atoms with van der Waals surface area (Å²) in [5.41, 5.74) is 0.828. The first-order valence-electron chi connectivity index (χ1n) is 11.0. The van der Waals surface area contributed by atoms with E-state index in [0.717, 1.165) is 12.0 Å². The van der Waals surface area contributed by atoms with E-state index in [1.54, 1.807) is 17.0 Å². The minimum absolute atomic E-state index is 0.0150. The van der Waals surface area contributed by atoms with Crippen LogP contribution in [0.5, 0.6) is 17.2 Å². The van der Waals surface area contributed by atoms with Crippen molar-refractivity contribution < 1.29 is 23.8 Å². The summed E-state index contributed by atoms with van der Waals surface area (Å²) < 4.78 is 16.3. The van der Waals surface area contributed by atoms with Crippen molar-refractivity contribution in [3.8, 4) is 27.8 Å². The average Bonchev–Trinajstić information content (AvgIpc) is 3.52. The number of fused-ring (bicyclic) bond motifs is 1. The van der Waals surface area contributed by atoms with Gasteiger partial charge in [-0.15, -0.1) is 10.2 Å². The Kier molecular flexibility index (Phi) is 7.58. The van der Waals surface area contributed by atoms with Crippen molar-refractivity contribution in [3.05, 3.63) is 48.5 Å². The fraction of sp³-hybridized carbons (Fsp3) is 0.333. The van der Waals surface area contributed by atoms with E-state index in [1.807, 2.05) is 50.2 Å². The van der Waals surface area contributed by atoms with Crippen LogP contribution in [0, 0.1) is 0 Å². The lowest BCUT2D eigenvalue weighted by atomic mass is 10.2. The van der Waals surface area contributed by atoms with Crippen LogP contribution < -0.4 is 19.5 Å². The summed E-state index contributed by atoms with van der Waals surface area (Å²) in [4.78, 5) is 27.0. The number of hydrogen-bond acceptors (Lipinski definition) is 8. The standard InChI is InChI=1S/C24H26N4O5S/c1-3-16(2)28(22(30)14-31-18-7-5-4-6-8-18)12-11-21(29)25-24-27-26-23(34-24)17-9-10-19-20(13-17)33-15-32-19/h4-10,13,16H,3,11-12,14-15H2,1-2H3,(H,25,27,29). The van der Waals surface area contributed by atoms with Crippen LogP contribution >= 0.6 is 11.3 Å². The van der Waals surface area contributed by atoms with Crippen molar-refractivity contribution in [2.45, 2.75) is 32.7 Å². The number of benzene rings is 2. The van der Waals surface area contributed by atoms with E-state index in [0.29, 0.717) is 27.4 Å². The Morgan fingerprint density at radius 2 is 1.94 bits per heavy atom. The van der Waals surface area contributed by atoms with Gasteiger partial charge in [0.1, 0.15) is 10.8 Å². The smallest absolute Gasteiger partial charge is 0.260 e. The lowest BCUT2D eigenvalue weighted by Crippen LogP contribution is -2.42. The Labute approximate surface area is 201 Å². The van der Waals surface area contributed by atoms with Crippen molar-refractivity contribution >= 4 is 28.3 Å². The number of carbonyl (C=O) groups excluding carboxylic acids is 2. The van der Waals surface area contributed by atoms with Gasteiger partial charge < -0.3 is 24.4 Å². The number of aromatic nitrogens is 2. The number of nitrogens with one attached hydrogen (secondary N) is 1. The number of rotatable bonds is 10. The third-order valence-electron chi connectivity index (χ3n) is 5.42. The van der Waals surface area contributed by atoms with Gasteiger partial charge in [-0.25, -0.2) is 0 Å². The second-order valence-corrected chi connectivity index (χ2v) is 8.70. The molecule has 1 atom stereocenters. The van der Waals surface area contributed by atoms with Crippen LogP contribution in [0.4, 0.5) is 5.13 Å². The minimum atomic E-state index is -0.238. The van der Waals surface area contributed by atoms with Crippen LogP contribution in [0.25, 0.3) is 10.6 Å². The first kappa shape index (κ1) is 23.5. The van der Waals surface area contributed by atoms with Gasteiger partial charge in [-0.1, -0.05) is 36.5 Å². The maximum Gasteiger partial charge on any atom is 0.260 e. The molecule has 1 aromatic heterocycles. The molecule has 0 bridgehead atoms. The average molecular weight is 483 g/mol. The summed E-state index contributed by atoms with van der Waals surface area (Å²) in [6, 6.07) is 14.7. The molecule has 2 amide bonds. The summed E-state index contributed by atoms with van der Waals surface area (Å²) in [7, 11) is 0. The van der Waals surface area contributed by atoms with Crippen LogP contribution in [0.2, 0.25) is 0 Å². The molecule has 0 saturated carbocycles. The second kappa shape index (κ2) is 11.0. The predicted octanol–water partition coefficient (Wildman–Crippen LogP) is 3.97. The SMILES string of the molecule is CCC(C)N(CCC(=O)Nc1nnc(-c2ccc3c(c2)OCO3)s1)C(=O)COc1ccccc1. The van der Waals surface area contributed by atoms with Crippen molar-refractivity contribution in [3.63, 3.8) is 0 Å². The Bertz CT molecular complexity index is 1140. The predicted molar refractivity (Wildman–Crippen MR) is 128 cm³/mol. The molecule has 2 aromatic carbocycles. The molecule has 34 heavy (non-hydrogen) atoms. The number of carbonyl (C=O) groups is 2. The van der Waals surface area contributed by atoms with Gasteiger partial charge in [0.05, 0.1) is 0 Å². The molecule has 1 N–H and O–H groups in total. The van der Waals surface area contributed by atoms with Crippen LogP contribution in [-0.4, -0.2) is 52.9 Å². The van der Waals surface area contributed by atoms with Gasteiger partial charge in [0, 0.05) is 24.6 Å². The van der Waals surface area contributed by atoms with E-state index in [1.165, 1.54) is 11.3 Å². The van der Waals surface area contributed by atoms with Gasteiger partial charge in [0.25, 0.3) is 5.91 Å². The lowest BCUT2D eigenvalue weighted by Gasteiger charge is -2.28. The van der Waals surface area contributed by atoms with Crippen molar-refractivity contribution in [2.75, 3.05) is 25.3 Å². The zero-order valence-electron chi connectivity index (χ0n) is 19.0. The highest BCUT2D eigenvalue weighted by molar-refractivity contribution is 7.18. The maximum absolute atomic E-state index is 12.8. The topological polar surface area (TPSA) is 103 Å². The largest absolute Gasteiger partial charge is 0.484 e. The molecule has 9 nitrogen and oxygen atoms in total. The van der Waals surface area contributed by atoms with E-state index < -0.39 is 0 Å². The molecule has 0 saturated heterocycles. The number of ether oxygens (including phenoxy) is 3. The molecule has 10 heteroatoms. The van der Waals surface area contributed by atoms with Gasteiger partial charge in [-0.3, -0.25) is 9.59 Å². The fourth-order valence-electron chi connectivity index (χ4n) is 3.38. The van der Waals surface area contributed by atoms with Gasteiger partial charge in [-0.05, 0) is 43.7 Å². The van der Waals surface area contributed by atoms with Gasteiger partial charge >= 0.3 is 0 Å². The molecule has 0 spiro atoms. The molecule has 0 fully saturated rings. The van der Waals surface area contributed by atoms with Gasteiger partial charge in [0.15, 0.2) is 18.1 Å². The first-order valence-corrected chi connectivity index (χ1v) is 11.9. The highest BCUT2D eigenvalue weighted by atomic mass is 32.1. The molecule has 1 aliphatic heterocycles. The molecular formula is C24H26N4O5S. The molecule has 1 aliphatic rings. The highest BCUT2D eigenvalue weighted by Crippen LogP contribution is 2.37. The molecule has 0 radical (unpaired) electrons. The normalized spacial score (nSPS) is 12.8. The van der Waals surface area contributed by atoms with E-state index in [2.05, 4.69) is 15.5 Å². The number of anilines is 1. The fourth-order valence-corrected chi connectivity index (χ4v) is 4.14. The first-order chi connectivity index (χ1) is 16.5. The van der Waals surface area contributed by atoms with Gasteiger partial charge in [0.2, 0.25) is 17.8 Å². The van der Waals surface area contributed by atoms with Crippen molar-refractivity contribution in [1.82, 2.24) is 15.1 Å². The van der Waals surface area contributed by atoms with E-state index in [4.69, 9.17) is 14.2 Å². The Morgan fingerprint density at radius 1 is 1.15 bits per heavy atom. The number of nitrogens with zero attached hydrogens (tertiary/aromatic N) is 3. The van der Waals surface area contributed by atoms with Crippen LogP contribution in [0.1, 0.15) is 26.7 Å². The van der Waals surface area contributed by atoms with Crippen molar-refractivity contribution in [2.24, 2.45) is 0 Å². The second-order valence-electron chi connectivity index (χ2n) is 7.72. The molecular weight excluding hydrogens is 456 g/mol. The van der Waals surface area contributed by atoms with E-state index >= 15 is 0 Å².